The Labute approximate surface area is 309 Å². The second-order valence-corrected chi connectivity index (χ2v) is 14.4. The molecule has 0 N–H and O–H groups in total. The van der Waals surface area contributed by atoms with E-state index in [0.29, 0.717) is 0 Å². The van der Waals surface area contributed by atoms with Gasteiger partial charge in [0.25, 0.3) is 0 Å². The summed E-state index contributed by atoms with van der Waals surface area (Å²) in [4.78, 5) is 2.45. The monoisotopic (exact) mass is 645 g/mol. The summed E-state index contributed by atoms with van der Waals surface area (Å²) >= 11 is 0. The van der Waals surface area contributed by atoms with Crippen LogP contribution in [0.4, 0.5) is 17.1 Å². The largest absolute Gasteiger partial charge is 0.455 e. The Balaban J connectivity index is 1.29. The van der Waals surface area contributed by atoms with E-state index in [-0.39, 0.29) is 0 Å². The lowest BCUT2D eigenvalue weighted by Gasteiger charge is -2.33. The van der Waals surface area contributed by atoms with Gasteiger partial charge in [0.15, 0.2) is 0 Å². The first-order valence-electron chi connectivity index (χ1n) is 18.0. The molecule has 1 heterocycles. The highest BCUT2D eigenvalue weighted by Crippen LogP contribution is 2.40. The summed E-state index contributed by atoms with van der Waals surface area (Å²) in [7, 11) is 20.6. The van der Waals surface area contributed by atoms with Crippen molar-refractivity contribution in [3.8, 4) is 22.3 Å². The van der Waals surface area contributed by atoms with E-state index in [1.807, 2.05) is 0 Å². The number of rotatable bonds is 5. The predicted molar refractivity (Wildman–Crippen MR) is 250 cm³/mol. The molecule has 0 amide bonds. The van der Waals surface area contributed by atoms with Crippen molar-refractivity contribution in [2.45, 2.75) is 0 Å². The zero-order valence-electron chi connectivity index (χ0n) is 31.2. The van der Waals surface area contributed by atoms with Gasteiger partial charge in [-0.05, 0) is 64.0 Å². The predicted octanol–water partition coefficient (Wildman–Crippen LogP) is -4.13. The number of furan rings is 1. The van der Waals surface area contributed by atoms with E-state index < -0.39 is 0 Å². The zero-order chi connectivity index (χ0) is 35.7. The second kappa shape index (κ2) is 12.6. The maximum atomic E-state index is 6.52. The topological polar surface area (TPSA) is 16.4 Å². The fourth-order valence-corrected chi connectivity index (χ4v) is 8.45. The van der Waals surface area contributed by atoms with E-state index in [9.17, 15) is 0 Å². The Morgan fingerprint density at radius 3 is 1.61 bits per heavy atom. The molecule has 0 aliphatic carbocycles. The van der Waals surface area contributed by atoms with Gasteiger partial charge in [0.05, 0.1) is 0 Å². The second-order valence-electron chi connectivity index (χ2n) is 14.4. The number of nitrogens with zero attached hydrogens (tertiary/aromatic N) is 1. The Hall–Kier alpha value is -5.02. The van der Waals surface area contributed by atoms with Gasteiger partial charge in [0.2, 0.25) is 0 Å². The molecular formula is C40H36B9NO. The number of para-hydroxylation sites is 1. The molecule has 7 aromatic carbocycles. The molecule has 0 saturated heterocycles. The molecule has 8 rings (SSSR count). The van der Waals surface area contributed by atoms with E-state index in [0.717, 1.165) is 38.7 Å². The summed E-state index contributed by atoms with van der Waals surface area (Å²) in [5.41, 5.74) is 22.8. The van der Waals surface area contributed by atoms with Gasteiger partial charge in [-0.2, -0.15) is 0 Å². The number of anilines is 3. The quantitative estimate of drug-likeness (QED) is 0.177. The molecule has 1 aromatic heterocycles. The molecule has 0 bridgehead atoms. The van der Waals surface area contributed by atoms with Crippen molar-refractivity contribution in [3.05, 3.63) is 109 Å². The molecule has 0 fully saturated rings. The normalized spacial score (nSPS) is 11.5. The molecule has 11 heteroatoms. The molecule has 8 aromatic rings. The van der Waals surface area contributed by atoms with Gasteiger partial charge in [-0.3, -0.25) is 0 Å². The van der Waals surface area contributed by atoms with Gasteiger partial charge in [0, 0.05) is 33.2 Å². The molecule has 2 nitrogen and oxygen atoms in total. The van der Waals surface area contributed by atoms with Crippen LogP contribution in [0.25, 0.3) is 55.0 Å². The van der Waals surface area contributed by atoms with Crippen molar-refractivity contribution in [3.63, 3.8) is 0 Å². The van der Waals surface area contributed by atoms with Crippen LogP contribution in [0.15, 0.2) is 114 Å². The Morgan fingerprint density at radius 2 is 0.961 bits per heavy atom. The van der Waals surface area contributed by atoms with E-state index in [2.05, 4.69) is 185 Å². The zero-order valence-corrected chi connectivity index (χ0v) is 31.2. The Bertz CT molecular complexity index is 2630. The summed E-state index contributed by atoms with van der Waals surface area (Å²) in [6.07, 6.45) is 0. The molecule has 51 heavy (non-hydrogen) atoms. The number of fused-ring (bicyclic) bond motifs is 5. The fourth-order valence-electron chi connectivity index (χ4n) is 8.45. The van der Waals surface area contributed by atoms with Crippen LogP contribution >= 0.6 is 0 Å². The van der Waals surface area contributed by atoms with Gasteiger partial charge in [0.1, 0.15) is 81.8 Å². The van der Waals surface area contributed by atoms with Crippen LogP contribution in [0.1, 0.15) is 0 Å². The lowest BCUT2D eigenvalue weighted by Crippen LogP contribution is -2.57. The molecule has 0 radical (unpaired) electrons. The fraction of sp³-hybridized carbons (Fsp3) is 0. The van der Waals surface area contributed by atoms with Gasteiger partial charge < -0.3 is 9.32 Å². The van der Waals surface area contributed by atoms with Crippen LogP contribution in [0.3, 0.4) is 0 Å². The molecule has 0 saturated carbocycles. The summed E-state index contributed by atoms with van der Waals surface area (Å²) in [5.74, 6) is 0. The van der Waals surface area contributed by atoms with Crippen molar-refractivity contribution in [1.29, 1.82) is 0 Å². The Morgan fingerprint density at radius 1 is 0.412 bits per heavy atom. The van der Waals surface area contributed by atoms with E-state index in [1.54, 1.807) is 0 Å². The van der Waals surface area contributed by atoms with Crippen molar-refractivity contribution < 1.29 is 4.42 Å². The van der Waals surface area contributed by atoms with Crippen molar-refractivity contribution in [1.82, 2.24) is 0 Å². The molecule has 0 unspecified atom stereocenters. The average molecular weight is 644 g/mol. The van der Waals surface area contributed by atoms with Crippen molar-refractivity contribution in [2.24, 2.45) is 0 Å². The molecule has 0 aliphatic heterocycles. The number of hydrogen-bond acceptors (Lipinski definition) is 2. The third kappa shape index (κ3) is 5.15. The lowest BCUT2D eigenvalue weighted by atomic mass is 9.56. The highest BCUT2D eigenvalue weighted by molar-refractivity contribution is 6.70. The maximum absolute atomic E-state index is 6.52. The van der Waals surface area contributed by atoms with Crippen LogP contribution in [-0.2, 0) is 0 Å². The van der Waals surface area contributed by atoms with Gasteiger partial charge in [-0.25, -0.2) is 0 Å². The highest BCUT2D eigenvalue weighted by atomic mass is 16.3. The number of benzene rings is 7. The van der Waals surface area contributed by atoms with Gasteiger partial charge >= 0.3 is 0 Å². The maximum Gasteiger partial charge on any atom is 0.143 e. The van der Waals surface area contributed by atoms with E-state index >= 15 is 0 Å². The first kappa shape index (κ1) is 33.1. The van der Waals surface area contributed by atoms with E-state index in [4.69, 9.17) is 4.42 Å². The SMILES string of the molecule is Bc1c(B)c(B)c(-c2c(B)c(B)c(N(c3ccccc3)c3ccc(-c4cccc5oc6c7ccccc7ccc6c45)cc3)c(B)c2B)c(B)c1B. The van der Waals surface area contributed by atoms with E-state index in [1.165, 1.54) is 82.5 Å². The van der Waals surface area contributed by atoms with Crippen LogP contribution in [-0.4, -0.2) is 70.6 Å². The number of hydrogen-bond donors (Lipinski definition) is 0. The minimum Gasteiger partial charge on any atom is -0.455 e. The molecule has 0 spiro atoms. The van der Waals surface area contributed by atoms with Gasteiger partial charge in [-0.1, -0.05) is 106 Å². The molecule has 0 atom stereocenters. The first-order chi connectivity index (χ1) is 24.6. The molecule has 0 aliphatic rings. The smallest absolute Gasteiger partial charge is 0.143 e. The van der Waals surface area contributed by atoms with Crippen LogP contribution < -0.4 is 54.1 Å². The van der Waals surface area contributed by atoms with Crippen molar-refractivity contribution in [2.75, 3.05) is 4.90 Å². The summed E-state index contributed by atoms with van der Waals surface area (Å²) in [6.45, 7) is 0. The summed E-state index contributed by atoms with van der Waals surface area (Å²) in [6, 6.07) is 39.2. The standard InChI is InChI=1S/C40H36B9NO/c41-30-28(31(42)35(46)36(47)34(30)45)29-32(43)37(48)39(38(49)33(29)44)50(21-8-2-1-3-9-21)22-16-13-20(14-17-22)23-11-6-12-26-27(23)25-18-15-19-7-4-5-10-24(19)40(25)51-26/h1-18H,41-49H2. The van der Waals surface area contributed by atoms with Crippen molar-refractivity contribution >= 4 is 170 Å². The minimum absolute atomic E-state index is 0.913. The average Bonchev–Trinajstić information content (AvgIpc) is 3.55. The Kier molecular flexibility index (Phi) is 8.21. The minimum atomic E-state index is 0.913. The third-order valence-corrected chi connectivity index (χ3v) is 11.9. The van der Waals surface area contributed by atoms with Gasteiger partial charge in [-0.15, -0.1) is 16.4 Å². The summed E-state index contributed by atoms with van der Waals surface area (Å²) in [5, 5.41) is 4.64. The van der Waals surface area contributed by atoms with Crippen LogP contribution in [0.2, 0.25) is 0 Å². The summed E-state index contributed by atoms with van der Waals surface area (Å²) < 4.78 is 6.52. The molecule has 234 valence electrons. The van der Waals surface area contributed by atoms with Crippen LogP contribution in [0, 0.1) is 0 Å². The third-order valence-electron chi connectivity index (χ3n) is 11.9. The highest BCUT2D eigenvalue weighted by Gasteiger charge is 2.24. The lowest BCUT2D eigenvalue weighted by molar-refractivity contribution is 0.673. The molecular weight excluding hydrogens is 608 g/mol. The first-order valence-corrected chi connectivity index (χ1v) is 18.0. The van der Waals surface area contributed by atoms with Crippen LogP contribution in [0.5, 0.6) is 0 Å².